The van der Waals surface area contributed by atoms with Gasteiger partial charge in [0.15, 0.2) is 0 Å². The SMILES string of the molecule is CC(=O)N(CCCCc1cc[c-]o1)c1ccc(C(O)CC(C)C)cc1.[Y]. The molecule has 0 saturated carbocycles. The molecular weight excluding hydrogens is 403 g/mol. The molecule has 1 aromatic carbocycles. The van der Waals surface area contributed by atoms with Crippen LogP contribution in [0.3, 0.4) is 0 Å². The van der Waals surface area contributed by atoms with Crippen LogP contribution in [0.15, 0.2) is 40.8 Å². The van der Waals surface area contributed by atoms with Crippen LogP contribution >= 0.6 is 0 Å². The van der Waals surface area contributed by atoms with Gasteiger partial charge in [0.1, 0.15) is 0 Å². The van der Waals surface area contributed by atoms with Gasteiger partial charge in [-0.05, 0) is 42.7 Å². The fourth-order valence-corrected chi connectivity index (χ4v) is 2.90. The molecule has 1 amide bonds. The number of furan rings is 1. The zero-order chi connectivity index (χ0) is 18.2. The van der Waals surface area contributed by atoms with Gasteiger partial charge in [0.25, 0.3) is 0 Å². The number of nitrogens with zero attached hydrogens (tertiary/aromatic N) is 1. The zero-order valence-corrected chi connectivity index (χ0v) is 18.8. The number of aliphatic hydroxyl groups excluding tert-OH is 1. The molecule has 2 rings (SSSR count). The molecule has 139 valence electrons. The Morgan fingerprint density at radius 3 is 2.42 bits per heavy atom. The number of carbonyl (C=O) groups is 1. The number of benzene rings is 1. The van der Waals surface area contributed by atoms with Crippen LogP contribution in [-0.2, 0) is 43.9 Å². The fourth-order valence-electron chi connectivity index (χ4n) is 2.90. The third-order valence-corrected chi connectivity index (χ3v) is 4.25. The van der Waals surface area contributed by atoms with E-state index < -0.39 is 6.10 Å². The van der Waals surface area contributed by atoms with Gasteiger partial charge in [-0.1, -0.05) is 44.6 Å². The predicted octanol–water partition coefficient (Wildman–Crippen LogP) is 4.53. The first-order valence-electron chi connectivity index (χ1n) is 8.98. The van der Waals surface area contributed by atoms with Gasteiger partial charge in [0.05, 0.1) is 6.10 Å². The number of aryl methyl sites for hydroxylation is 1. The summed E-state index contributed by atoms with van der Waals surface area (Å²) in [6, 6.07) is 11.4. The zero-order valence-electron chi connectivity index (χ0n) is 15.9. The van der Waals surface area contributed by atoms with Crippen molar-refractivity contribution in [1.29, 1.82) is 0 Å². The van der Waals surface area contributed by atoms with E-state index in [2.05, 4.69) is 20.1 Å². The molecule has 1 atom stereocenters. The van der Waals surface area contributed by atoms with Gasteiger partial charge in [-0.15, -0.1) is 6.07 Å². The minimum Gasteiger partial charge on any atom is -0.596 e. The number of rotatable bonds is 9. The van der Waals surface area contributed by atoms with E-state index in [0.29, 0.717) is 12.5 Å². The molecule has 26 heavy (non-hydrogen) atoms. The fraction of sp³-hybridized carbons (Fsp3) is 0.476. The summed E-state index contributed by atoms with van der Waals surface area (Å²) in [7, 11) is 0. The topological polar surface area (TPSA) is 53.7 Å². The smallest absolute Gasteiger partial charge is 0.223 e. The normalized spacial score (nSPS) is 11.9. The molecule has 1 aromatic heterocycles. The Labute approximate surface area is 181 Å². The first kappa shape index (κ1) is 23.1. The molecule has 0 spiro atoms. The minimum absolute atomic E-state index is 0. The van der Waals surface area contributed by atoms with Crippen LogP contribution in [0.1, 0.15) is 57.5 Å². The third kappa shape index (κ3) is 7.34. The molecule has 0 aliphatic heterocycles. The maximum Gasteiger partial charge on any atom is 0.223 e. The van der Waals surface area contributed by atoms with E-state index in [1.165, 1.54) is 0 Å². The first-order chi connectivity index (χ1) is 12.0. The molecule has 0 bridgehead atoms. The Morgan fingerprint density at radius 2 is 1.88 bits per heavy atom. The molecule has 4 nitrogen and oxygen atoms in total. The van der Waals surface area contributed by atoms with E-state index in [-0.39, 0.29) is 38.6 Å². The molecule has 1 heterocycles. The van der Waals surface area contributed by atoms with Crippen molar-refractivity contribution in [2.24, 2.45) is 5.92 Å². The number of hydrogen-bond donors (Lipinski definition) is 1. The maximum atomic E-state index is 12.0. The Kier molecular flexibility index (Phi) is 10.4. The number of carbonyl (C=O) groups excluding carboxylic acids is 1. The molecule has 0 aliphatic carbocycles. The molecule has 0 aliphatic rings. The summed E-state index contributed by atoms with van der Waals surface area (Å²) >= 11 is 0. The van der Waals surface area contributed by atoms with E-state index in [0.717, 1.165) is 42.7 Å². The van der Waals surface area contributed by atoms with Crippen molar-refractivity contribution < 1.29 is 47.0 Å². The van der Waals surface area contributed by atoms with Crippen LogP contribution in [-0.4, -0.2) is 17.6 Å². The molecule has 5 heteroatoms. The van der Waals surface area contributed by atoms with Crippen molar-refractivity contribution in [2.45, 2.75) is 52.6 Å². The molecule has 1 N–H and O–H groups in total. The summed E-state index contributed by atoms with van der Waals surface area (Å²) in [5.74, 6) is 1.40. The molecule has 2 aromatic rings. The first-order valence-corrected chi connectivity index (χ1v) is 8.98. The Bertz CT molecular complexity index is 638. The molecule has 1 unspecified atom stereocenters. The van der Waals surface area contributed by atoms with Gasteiger partial charge in [-0.2, -0.15) is 6.07 Å². The van der Waals surface area contributed by atoms with Gasteiger partial charge in [0, 0.05) is 51.9 Å². The summed E-state index contributed by atoms with van der Waals surface area (Å²) in [5, 5.41) is 10.2. The average Bonchev–Trinajstić information content (AvgIpc) is 3.07. The Hall–Kier alpha value is -0.966. The summed E-state index contributed by atoms with van der Waals surface area (Å²) in [4.78, 5) is 13.8. The second-order valence-electron chi connectivity index (χ2n) is 6.88. The third-order valence-electron chi connectivity index (χ3n) is 4.25. The number of amides is 1. The van der Waals surface area contributed by atoms with E-state index in [1.54, 1.807) is 17.9 Å². The van der Waals surface area contributed by atoms with Gasteiger partial charge < -0.3 is 14.4 Å². The number of anilines is 1. The number of aliphatic hydroxyl groups is 1. The molecule has 0 saturated heterocycles. The van der Waals surface area contributed by atoms with Crippen LogP contribution in [0, 0.1) is 12.2 Å². The van der Waals surface area contributed by atoms with Crippen LogP contribution < -0.4 is 4.90 Å². The van der Waals surface area contributed by atoms with E-state index in [4.69, 9.17) is 4.42 Å². The maximum absolute atomic E-state index is 12.0. The summed E-state index contributed by atoms with van der Waals surface area (Å²) < 4.78 is 5.21. The standard InChI is InChI=1S/C21H28NO3.Y/c1-16(2)15-21(24)18-9-11-19(12-10-18)22(17(3)23)13-5-4-7-20-8-6-14-25-20;/h6,8-12,16,21,24H,4-5,7,13,15H2,1-3H3;/q-1;. The number of hydrogen-bond acceptors (Lipinski definition) is 3. The second-order valence-corrected chi connectivity index (χ2v) is 6.88. The van der Waals surface area contributed by atoms with E-state index >= 15 is 0 Å². The van der Waals surface area contributed by atoms with Crippen molar-refractivity contribution in [3.8, 4) is 0 Å². The van der Waals surface area contributed by atoms with Crippen molar-refractivity contribution >= 4 is 11.6 Å². The van der Waals surface area contributed by atoms with Crippen molar-refractivity contribution in [3.63, 3.8) is 0 Å². The quantitative estimate of drug-likeness (QED) is 0.469. The van der Waals surface area contributed by atoms with Crippen molar-refractivity contribution in [3.05, 3.63) is 54.0 Å². The van der Waals surface area contributed by atoms with E-state index in [9.17, 15) is 9.90 Å². The van der Waals surface area contributed by atoms with Gasteiger partial charge in [-0.3, -0.25) is 4.79 Å². The van der Waals surface area contributed by atoms with E-state index in [1.807, 2.05) is 30.3 Å². The van der Waals surface area contributed by atoms with Crippen LogP contribution in [0.4, 0.5) is 5.69 Å². The number of unbranched alkanes of at least 4 members (excludes halogenated alkanes) is 1. The summed E-state index contributed by atoms with van der Waals surface area (Å²) in [6.45, 7) is 6.45. The van der Waals surface area contributed by atoms with Crippen LogP contribution in [0.2, 0.25) is 0 Å². The summed E-state index contributed by atoms with van der Waals surface area (Å²) in [6.07, 6.45) is 5.68. The molecule has 1 radical (unpaired) electrons. The molecule has 0 fully saturated rings. The van der Waals surface area contributed by atoms with Crippen LogP contribution in [0.25, 0.3) is 0 Å². The minimum atomic E-state index is -0.454. The summed E-state index contributed by atoms with van der Waals surface area (Å²) in [5.41, 5.74) is 1.77. The Balaban J connectivity index is 0.00000338. The largest absolute Gasteiger partial charge is 0.596 e. The van der Waals surface area contributed by atoms with Gasteiger partial charge in [-0.25, -0.2) is 0 Å². The second kappa shape index (κ2) is 11.7. The van der Waals surface area contributed by atoms with Gasteiger partial charge in [0.2, 0.25) is 5.91 Å². The van der Waals surface area contributed by atoms with Crippen LogP contribution in [0.5, 0.6) is 0 Å². The predicted molar refractivity (Wildman–Crippen MR) is 99.4 cm³/mol. The van der Waals surface area contributed by atoms with Gasteiger partial charge >= 0.3 is 0 Å². The Morgan fingerprint density at radius 1 is 1.19 bits per heavy atom. The monoisotopic (exact) mass is 431 g/mol. The molecular formula is C21H28NO3Y-. The van der Waals surface area contributed by atoms with Crippen molar-refractivity contribution in [1.82, 2.24) is 0 Å². The average molecular weight is 431 g/mol. The van der Waals surface area contributed by atoms with Crippen molar-refractivity contribution in [2.75, 3.05) is 11.4 Å².